The van der Waals surface area contributed by atoms with E-state index < -0.39 is 0 Å². The monoisotopic (exact) mass is 282 g/mol. The van der Waals surface area contributed by atoms with Gasteiger partial charge in [-0.2, -0.15) is 0 Å². The predicted molar refractivity (Wildman–Crippen MR) is 90.2 cm³/mol. The second-order valence-electron chi connectivity index (χ2n) is 6.24. The van der Waals surface area contributed by atoms with Gasteiger partial charge >= 0.3 is 0 Å². The highest BCUT2D eigenvalue weighted by Crippen LogP contribution is 2.30. The van der Waals surface area contributed by atoms with Gasteiger partial charge in [-0.1, -0.05) is 49.7 Å². The highest BCUT2D eigenvalue weighted by atomic mass is 15.2. The molecule has 0 heterocycles. The Kier molecular flexibility index (Phi) is 4.57. The molecule has 0 radical (unpaired) electrons. The van der Waals surface area contributed by atoms with Gasteiger partial charge in [0.1, 0.15) is 0 Å². The fourth-order valence-electron chi connectivity index (χ4n) is 3.81. The number of hydrogen-bond donors (Lipinski definition) is 1. The summed E-state index contributed by atoms with van der Waals surface area (Å²) in [5, 5.41) is 2.66. The van der Waals surface area contributed by atoms with Crippen molar-refractivity contribution in [3.8, 4) is 0 Å². The molecule has 2 heteroatoms. The third kappa shape index (κ3) is 3.12. The molecule has 2 aromatic rings. The van der Waals surface area contributed by atoms with Crippen LogP contribution in [0.3, 0.4) is 0 Å². The fourth-order valence-corrected chi connectivity index (χ4v) is 3.81. The highest BCUT2D eigenvalue weighted by Gasteiger charge is 2.30. The van der Waals surface area contributed by atoms with Gasteiger partial charge < -0.3 is 5.73 Å². The van der Waals surface area contributed by atoms with Crippen molar-refractivity contribution in [1.29, 1.82) is 0 Å². The smallest absolute Gasteiger partial charge is 0.0236 e. The summed E-state index contributed by atoms with van der Waals surface area (Å²) in [5.41, 5.74) is 7.37. The summed E-state index contributed by atoms with van der Waals surface area (Å²) in [7, 11) is 0. The van der Waals surface area contributed by atoms with Crippen molar-refractivity contribution in [1.82, 2.24) is 4.90 Å². The zero-order valence-corrected chi connectivity index (χ0v) is 13.0. The molecule has 0 bridgehead atoms. The number of hydrogen-bond acceptors (Lipinski definition) is 2. The van der Waals surface area contributed by atoms with Crippen LogP contribution < -0.4 is 5.73 Å². The van der Waals surface area contributed by atoms with E-state index in [0.29, 0.717) is 12.0 Å². The Morgan fingerprint density at radius 1 is 1.10 bits per heavy atom. The van der Waals surface area contributed by atoms with Gasteiger partial charge in [0.2, 0.25) is 0 Å². The summed E-state index contributed by atoms with van der Waals surface area (Å²) in [6.45, 7) is 5.25. The van der Waals surface area contributed by atoms with Crippen LogP contribution in [0.5, 0.6) is 0 Å². The minimum atomic E-state index is 0.673. The minimum absolute atomic E-state index is 0.673. The van der Waals surface area contributed by atoms with Crippen LogP contribution in [0.25, 0.3) is 10.8 Å². The SMILES string of the molecule is CCN(Cc1ccc2ccccc2c1)C1CCCC1CN. The Hall–Kier alpha value is -1.38. The van der Waals surface area contributed by atoms with Crippen molar-refractivity contribution < 1.29 is 0 Å². The lowest BCUT2D eigenvalue weighted by molar-refractivity contribution is 0.162. The standard InChI is InChI=1S/C19H26N2/c1-2-21(19-9-5-8-18(19)13-20)14-15-10-11-16-6-3-4-7-17(16)12-15/h3-4,6-7,10-12,18-19H,2,5,8-9,13-14,20H2,1H3. The average molecular weight is 282 g/mol. The predicted octanol–water partition coefficient (Wildman–Crippen LogP) is 3.79. The Bertz CT molecular complexity index is 593. The topological polar surface area (TPSA) is 29.3 Å². The van der Waals surface area contributed by atoms with Crippen LogP contribution in [0, 0.1) is 5.92 Å². The van der Waals surface area contributed by atoms with E-state index in [1.165, 1.54) is 35.6 Å². The summed E-state index contributed by atoms with van der Waals surface area (Å²) in [6.07, 6.45) is 3.94. The summed E-state index contributed by atoms with van der Waals surface area (Å²) < 4.78 is 0. The van der Waals surface area contributed by atoms with Crippen LogP contribution in [0.1, 0.15) is 31.7 Å². The first-order chi connectivity index (χ1) is 10.3. The summed E-state index contributed by atoms with van der Waals surface area (Å²) in [6, 6.07) is 16.1. The van der Waals surface area contributed by atoms with E-state index in [0.717, 1.165) is 19.6 Å². The maximum Gasteiger partial charge on any atom is 0.0236 e. The van der Waals surface area contributed by atoms with Crippen molar-refractivity contribution in [3.05, 3.63) is 48.0 Å². The minimum Gasteiger partial charge on any atom is -0.330 e. The molecule has 0 spiro atoms. The summed E-state index contributed by atoms with van der Waals surface area (Å²) in [5.74, 6) is 0.686. The first-order valence-electron chi connectivity index (χ1n) is 8.23. The number of nitrogens with zero attached hydrogens (tertiary/aromatic N) is 1. The molecular formula is C19H26N2. The van der Waals surface area contributed by atoms with Gasteiger partial charge in [-0.25, -0.2) is 0 Å². The molecule has 2 nitrogen and oxygen atoms in total. The van der Waals surface area contributed by atoms with Gasteiger partial charge in [-0.15, -0.1) is 0 Å². The average Bonchev–Trinajstić information content (AvgIpc) is 3.01. The van der Waals surface area contributed by atoms with Gasteiger partial charge in [0.25, 0.3) is 0 Å². The highest BCUT2D eigenvalue weighted by molar-refractivity contribution is 5.82. The van der Waals surface area contributed by atoms with Crippen LogP contribution in [0.2, 0.25) is 0 Å². The molecule has 1 fully saturated rings. The van der Waals surface area contributed by atoms with E-state index in [-0.39, 0.29) is 0 Å². The van der Waals surface area contributed by atoms with Crippen LogP contribution >= 0.6 is 0 Å². The summed E-state index contributed by atoms with van der Waals surface area (Å²) >= 11 is 0. The molecule has 2 atom stereocenters. The van der Waals surface area contributed by atoms with Crippen molar-refractivity contribution in [3.63, 3.8) is 0 Å². The molecule has 2 unspecified atom stereocenters. The molecule has 0 aliphatic heterocycles. The van der Waals surface area contributed by atoms with Crippen LogP contribution in [0.4, 0.5) is 0 Å². The van der Waals surface area contributed by atoms with Crippen molar-refractivity contribution in [2.45, 2.75) is 38.8 Å². The van der Waals surface area contributed by atoms with Crippen molar-refractivity contribution >= 4 is 10.8 Å². The van der Waals surface area contributed by atoms with Crippen LogP contribution in [0.15, 0.2) is 42.5 Å². The molecule has 1 aliphatic carbocycles. The molecule has 0 saturated heterocycles. The van der Waals surface area contributed by atoms with Gasteiger partial charge in [0.15, 0.2) is 0 Å². The number of nitrogens with two attached hydrogens (primary N) is 1. The zero-order chi connectivity index (χ0) is 14.7. The first-order valence-corrected chi connectivity index (χ1v) is 8.23. The van der Waals surface area contributed by atoms with Gasteiger partial charge in [0.05, 0.1) is 0 Å². The molecule has 2 N–H and O–H groups in total. The Labute approximate surface area is 127 Å². The lowest BCUT2D eigenvalue weighted by Gasteiger charge is -2.32. The van der Waals surface area contributed by atoms with E-state index in [1.54, 1.807) is 0 Å². The van der Waals surface area contributed by atoms with Crippen LogP contribution in [-0.4, -0.2) is 24.0 Å². The normalized spacial score (nSPS) is 22.2. The Morgan fingerprint density at radius 3 is 2.67 bits per heavy atom. The third-order valence-electron chi connectivity index (χ3n) is 5.00. The van der Waals surface area contributed by atoms with Crippen molar-refractivity contribution in [2.24, 2.45) is 11.7 Å². The van der Waals surface area contributed by atoms with E-state index in [2.05, 4.69) is 54.3 Å². The van der Waals surface area contributed by atoms with Gasteiger partial charge in [-0.05, 0) is 54.3 Å². The Morgan fingerprint density at radius 2 is 1.90 bits per heavy atom. The maximum absolute atomic E-state index is 5.96. The molecular weight excluding hydrogens is 256 g/mol. The van der Waals surface area contributed by atoms with E-state index in [9.17, 15) is 0 Å². The van der Waals surface area contributed by atoms with Crippen molar-refractivity contribution in [2.75, 3.05) is 13.1 Å². The maximum atomic E-state index is 5.96. The Balaban J connectivity index is 1.78. The molecule has 0 aromatic heterocycles. The largest absolute Gasteiger partial charge is 0.330 e. The van der Waals surface area contributed by atoms with Gasteiger partial charge in [0, 0.05) is 12.6 Å². The molecule has 0 amide bonds. The number of benzene rings is 2. The third-order valence-corrected chi connectivity index (χ3v) is 5.00. The molecule has 1 aliphatic rings. The van der Waals surface area contributed by atoms with Crippen LogP contribution in [-0.2, 0) is 6.54 Å². The second kappa shape index (κ2) is 6.59. The lowest BCUT2D eigenvalue weighted by atomic mass is 10.0. The fraction of sp³-hybridized carbons (Fsp3) is 0.474. The molecule has 112 valence electrons. The zero-order valence-electron chi connectivity index (χ0n) is 13.0. The molecule has 3 rings (SSSR count). The first kappa shape index (κ1) is 14.6. The molecule has 1 saturated carbocycles. The van der Waals surface area contributed by atoms with Gasteiger partial charge in [-0.3, -0.25) is 4.90 Å². The number of fused-ring (bicyclic) bond motifs is 1. The van der Waals surface area contributed by atoms with E-state index in [4.69, 9.17) is 5.73 Å². The number of rotatable bonds is 5. The lowest BCUT2D eigenvalue weighted by Crippen LogP contribution is -2.39. The quantitative estimate of drug-likeness (QED) is 0.904. The molecule has 21 heavy (non-hydrogen) atoms. The van der Waals surface area contributed by atoms with E-state index >= 15 is 0 Å². The summed E-state index contributed by atoms with van der Waals surface area (Å²) in [4.78, 5) is 2.62. The van der Waals surface area contributed by atoms with E-state index in [1.807, 2.05) is 0 Å². The second-order valence-corrected chi connectivity index (χ2v) is 6.24. The molecule has 2 aromatic carbocycles.